The molecular formula is C13H12FNO. The molecule has 1 N–H and O–H groups in total. The van der Waals surface area contributed by atoms with Crippen LogP contribution in [0.25, 0.3) is 11.1 Å². The third kappa shape index (κ3) is 2.09. The summed E-state index contributed by atoms with van der Waals surface area (Å²) >= 11 is 0. The molecule has 0 saturated heterocycles. The Hall–Kier alpha value is -1.74. The maximum absolute atomic E-state index is 12.7. The summed E-state index contributed by atoms with van der Waals surface area (Å²) in [6.45, 7) is 1.94. The van der Waals surface area contributed by atoms with Gasteiger partial charge in [-0.05, 0) is 30.2 Å². The van der Waals surface area contributed by atoms with Gasteiger partial charge in [-0.1, -0.05) is 23.8 Å². The zero-order valence-electron chi connectivity index (χ0n) is 8.94. The van der Waals surface area contributed by atoms with Gasteiger partial charge >= 0.3 is 0 Å². The van der Waals surface area contributed by atoms with Gasteiger partial charge in [0.05, 0.1) is 6.61 Å². The van der Waals surface area contributed by atoms with Gasteiger partial charge in [-0.25, -0.2) is 4.98 Å². The topological polar surface area (TPSA) is 33.1 Å². The molecule has 0 radical (unpaired) electrons. The lowest BCUT2D eigenvalue weighted by Gasteiger charge is -2.08. The molecular weight excluding hydrogens is 205 g/mol. The number of halogens is 1. The number of rotatable bonds is 2. The number of pyridine rings is 1. The Morgan fingerprint density at radius 2 is 2.06 bits per heavy atom. The molecule has 0 aliphatic carbocycles. The van der Waals surface area contributed by atoms with Crippen molar-refractivity contribution in [2.45, 2.75) is 13.5 Å². The molecule has 0 bridgehead atoms. The number of hydrogen-bond acceptors (Lipinski definition) is 2. The van der Waals surface area contributed by atoms with Gasteiger partial charge in [0.15, 0.2) is 0 Å². The van der Waals surface area contributed by atoms with E-state index in [1.54, 1.807) is 6.07 Å². The van der Waals surface area contributed by atoms with Crippen molar-refractivity contribution < 1.29 is 9.50 Å². The highest BCUT2D eigenvalue weighted by Gasteiger charge is 2.05. The van der Waals surface area contributed by atoms with Gasteiger partial charge < -0.3 is 5.11 Å². The van der Waals surface area contributed by atoms with Crippen molar-refractivity contribution in [2.24, 2.45) is 0 Å². The minimum absolute atomic E-state index is 0.0347. The molecule has 3 heteroatoms. The second-order valence-corrected chi connectivity index (χ2v) is 3.69. The summed E-state index contributed by atoms with van der Waals surface area (Å²) in [5.41, 5.74) is 3.62. The van der Waals surface area contributed by atoms with Crippen LogP contribution >= 0.6 is 0 Å². The Bertz CT molecular complexity index is 494. The normalized spacial score (nSPS) is 10.4. The molecule has 82 valence electrons. The van der Waals surface area contributed by atoms with E-state index in [4.69, 9.17) is 0 Å². The van der Waals surface area contributed by atoms with Crippen LogP contribution in [0.5, 0.6) is 0 Å². The molecule has 16 heavy (non-hydrogen) atoms. The van der Waals surface area contributed by atoms with E-state index in [-0.39, 0.29) is 6.61 Å². The lowest BCUT2D eigenvalue weighted by atomic mass is 9.99. The molecule has 2 nitrogen and oxygen atoms in total. The SMILES string of the molecule is Cc1ccc(CO)c(-c2ccc(F)nc2)c1. The number of benzene rings is 1. The first-order valence-corrected chi connectivity index (χ1v) is 5.03. The molecule has 0 aliphatic rings. The fourth-order valence-corrected chi connectivity index (χ4v) is 1.63. The van der Waals surface area contributed by atoms with E-state index in [0.717, 1.165) is 22.3 Å². The van der Waals surface area contributed by atoms with Crippen molar-refractivity contribution in [3.63, 3.8) is 0 Å². The van der Waals surface area contributed by atoms with E-state index >= 15 is 0 Å². The second kappa shape index (κ2) is 4.41. The number of aromatic nitrogens is 1. The third-order valence-corrected chi connectivity index (χ3v) is 2.47. The average molecular weight is 217 g/mol. The number of aliphatic hydroxyl groups is 1. The van der Waals surface area contributed by atoms with Crippen LogP contribution in [-0.2, 0) is 6.61 Å². The maximum Gasteiger partial charge on any atom is 0.212 e. The fraction of sp³-hybridized carbons (Fsp3) is 0.154. The Labute approximate surface area is 93.4 Å². The highest BCUT2D eigenvalue weighted by atomic mass is 19.1. The van der Waals surface area contributed by atoms with Gasteiger partial charge in [0.25, 0.3) is 0 Å². The summed E-state index contributed by atoms with van der Waals surface area (Å²) in [7, 11) is 0. The van der Waals surface area contributed by atoms with Gasteiger partial charge in [0.2, 0.25) is 5.95 Å². The van der Waals surface area contributed by atoms with Gasteiger partial charge in [-0.3, -0.25) is 0 Å². The van der Waals surface area contributed by atoms with Crippen molar-refractivity contribution in [3.8, 4) is 11.1 Å². The molecule has 2 aromatic rings. The predicted octanol–water partition coefficient (Wildman–Crippen LogP) is 2.69. The van der Waals surface area contributed by atoms with Crippen molar-refractivity contribution in [3.05, 3.63) is 53.6 Å². The van der Waals surface area contributed by atoms with Crippen LogP contribution in [0.1, 0.15) is 11.1 Å². The molecule has 1 heterocycles. The van der Waals surface area contributed by atoms with E-state index in [1.165, 1.54) is 12.3 Å². The zero-order chi connectivity index (χ0) is 11.5. The number of aliphatic hydroxyl groups excluding tert-OH is 1. The van der Waals surface area contributed by atoms with E-state index in [0.29, 0.717) is 0 Å². The van der Waals surface area contributed by atoms with Crippen molar-refractivity contribution in [2.75, 3.05) is 0 Å². The van der Waals surface area contributed by atoms with Crippen LogP contribution in [-0.4, -0.2) is 10.1 Å². The molecule has 0 saturated carbocycles. The van der Waals surface area contributed by atoms with Gasteiger partial charge in [-0.15, -0.1) is 0 Å². The molecule has 0 fully saturated rings. The number of nitrogens with zero attached hydrogens (tertiary/aromatic N) is 1. The van der Waals surface area contributed by atoms with Gasteiger partial charge in [-0.2, -0.15) is 4.39 Å². The maximum atomic E-state index is 12.7. The molecule has 0 amide bonds. The van der Waals surface area contributed by atoms with Crippen LogP contribution in [0.2, 0.25) is 0 Å². The summed E-state index contributed by atoms with van der Waals surface area (Å²) in [4.78, 5) is 3.61. The zero-order valence-corrected chi connectivity index (χ0v) is 8.94. The molecule has 2 rings (SSSR count). The van der Waals surface area contributed by atoms with Crippen molar-refractivity contribution in [1.29, 1.82) is 0 Å². The molecule has 0 aliphatic heterocycles. The predicted molar refractivity (Wildman–Crippen MR) is 60.3 cm³/mol. The molecule has 0 atom stereocenters. The van der Waals surface area contributed by atoms with E-state index in [9.17, 15) is 9.50 Å². The Morgan fingerprint density at radius 1 is 1.25 bits per heavy atom. The minimum Gasteiger partial charge on any atom is -0.392 e. The van der Waals surface area contributed by atoms with Gasteiger partial charge in [0.1, 0.15) is 0 Å². The minimum atomic E-state index is -0.498. The largest absolute Gasteiger partial charge is 0.392 e. The lowest BCUT2D eigenvalue weighted by molar-refractivity contribution is 0.282. The Morgan fingerprint density at radius 3 is 2.69 bits per heavy atom. The smallest absolute Gasteiger partial charge is 0.212 e. The second-order valence-electron chi connectivity index (χ2n) is 3.69. The average Bonchev–Trinajstić information content (AvgIpc) is 2.30. The lowest BCUT2D eigenvalue weighted by Crippen LogP contribution is -1.91. The quantitative estimate of drug-likeness (QED) is 0.784. The van der Waals surface area contributed by atoms with Crippen molar-refractivity contribution >= 4 is 0 Å². The summed E-state index contributed by atoms with van der Waals surface area (Å²) < 4.78 is 12.7. The highest BCUT2D eigenvalue weighted by Crippen LogP contribution is 2.24. The Kier molecular flexibility index (Phi) is 2.97. The Balaban J connectivity index is 2.53. The van der Waals surface area contributed by atoms with E-state index in [2.05, 4.69) is 4.98 Å². The summed E-state index contributed by atoms with van der Waals surface area (Å²) in [5.74, 6) is -0.498. The first-order chi connectivity index (χ1) is 7.70. The summed E-state index contributed by atoms with van der Waals surface area (Å²) in [6, 6.07) is 8.75. The van der Waals surface area contributed by atoms with Crippen LogP contribution in [0.3, 0.4) is 0 Å². The van der Waals surface area contributed by atoms with Crippen molar-refractivity contribution in [1.82, 2.24) is 4.98 Å². The first-order valence-electron chi connectivity index (χ1n) is 5.03. The van der Waals surface area contributed by atoms with Crippen LogP contribution < -0.4 is 0 Å². The van der Waals surface area contributed by atoms with Gasteiger partial charge in [0, 0.05) is 11.8 Å². The third-order valence-electron chi connectivity index (χ3n) is 2.47. The van der Waals surface area contributed by atoms with Crippen LogP contribution in [0, 0.1) is 12.9 Å². The molecule has 1 aromatic heterocycles. The first kappa shape index (κ1) is 10.8. The number of aryl methyl sites for hydroxylation is 1. The van der Waals surface area contributed by atoms with Crippen LogP contribution in [0.15, 0.2) is 36.5 Å². The molecule has 1 aromatic carbocycles. The summed E-state index contributed by atoms with van der Waals surface area (Å²) in [5, 5.41) is 9.23. The fourth-order valence-electron chi connectivity index (χ4n) is 1.63. The molecule has 0 spiro atoms. The van der Waals surface area contributed by atoms with Crippen LogP contribution in [0.4, 0.5) is 4.39 Å². The number of hydrogen-bond donors (Lipinski definition) is 1. The highest BCUT2D eigenvalue weighted by molar-refractivity contribution is 5.67. The summed E-state index contributed by atoms with van der Waals surface area (Å²) in [6.07, 6.45) is 1.48. The van der Waals surface area contributed by atoms with E-state index < -0.39 is 5.95 Å². The van der Waals surface area contributed by atoms with E-state index in [1.807, 2.05) is 25.1 Å². The molecule has 0 unspecified atom stereocenters. The monoisotopic (exact) mass is 217 g/mol. The standard InChI is InChI=1S/C13H12FNO/c1-9-2-3-11(8-16)12(6-9)10-4-5-13(14)15-7-10/h2-7,16H,8H2,1H3.